The fourth-order valence-corrected chi connectivity index (χ4v) is 5.51. The maximum Gasteiger partial charge on any atom is 0.243 e. The number of halogens is 2. The van der Waals surface area contributed by atoms with Crippen LogP contribution in [-0.2, 0) is 26.0 Å². The average Bonchev–Trinajstić information content (AvgIpc) is 2.67. The Morgan fingerprint density at radius 3 is 2.41 bits per heavy atom. The molecule has 6 nitrogen and oxygen atoms in total. The first-order valence-corrected chi connectivity index (χ1v) is 11.1. The van der Waals surface area contributed by atoms with Gasteiger partial charge in [-0.3, -0.25) is 4.79 Å². The van der Waals surface area contributed by atoms with E-state index in [9.17, 15) is 17.6 Å². The highest BCUT2D eigenvalue weighted by Crippen LogP contribution is 2.25. The van der Waals surface area contributed by atoms with E-state index >= 15 is 0 Å². The molecule has 2 fully saturated rings. The van der Waals surface area contributed by atoms with E-state index in [1.807, 2.05) is 6.07 Å². The molecule has 0 radical (unpaired) electrons. The number of ether oxygens (including phenoxy) is 1. The third kappa shape index (κ3) is 4.45. The standard InChI is InChI=1S/C20H20ClFN2O4S/c21-15-4-1-3-14(7-15)8-20(25)23-10-17-12-24(13-18(11-23)28-17)29(26,27)19-6-2-5-16(22)9-19/h1-7,9,17-18H,8,10-13H2/t17-,18+. The first-order valence-electron chi connectivity index (χ1n) is 9.24. The van der Waals surface area contributed by atoms with Crippen LogP contribution in [0.1, 0.15) is 5.56 Å². The van der Waals surface area contributed by atoms with Crippen molar-refractivity contribution in [1.82, 2.24) is 9.21 Å². The number of carbonyl (C=O) groups is 1. The van der Waals surface area contributed by atoms with Gasteiger partial charge in [0.15, 0.2) is 0 Å². The van der Waals surface area contributed by atoms with Crippen LogP contribution in [0, 0.1) is 5.82 Å². The second-order valence-electron chi connectivity index (χ2n) is 7.26. The van der Waals surface area contributed by atoms with Gasteiger partial charge in [-0.2, -0.15) is 4.31 Å². The number of fused-ring (bicyclic) bond motifs is 2. The molecule has 154 valence electrons. The molecule has 2 aromatic rings. The maximum absolute atomic E-state index is 13.5. The zero-order valence-electron chi connectivity index (χ0n) is 15.5. The zero-order valence-corrected chi connectivity index (χ0v) is 17.1. The van der Waals surface area contributed by atoms with E-state index < -0.39 is 28.0 Å². The summed E-state index contributed by atoms with van der Waals surface area (Å²) < 4.78 is 46.4. The van der Waals surface area contributed by atoms with Gasteiger partial charge in [-0.15, -0.1) is 0 Å². The minimum absolute atomic E-state index is 0.0491. The number of sulfonamides is 1. The lowest BCUT2D eigenvalue weighted by atomic mass is 10.1. The number of nitrogens with zero attached hydrogens (tertiary/aromatic N) is 2. The highest BCUT2D eigenvalue weighted by molar-refractivity contribution is 7.89. The Morgan fingerprint density at radius 1 is 1.07 bits per heavy atom. The molecule has 0 aliphatic carbocycles. The van der Waals surface area contributed by atoms with Crippen molar-refractivity contribution in [3.8, 4) is 0 Å². The molecule has 2 bridgehead atoms. The minimum atomic E-state index is -3.82. The lowest BCUT2D eigenvalue weighted by molar-refractivity contribution is -0.153. The smallest absolute Gasteiger partial charge is 0.243 e. The predicted octanol–water partition coefficient (Wildman–Crippen LogP) is 2.32. The quantitative estimate of drug-likeness (QED) is 0.734. The molecule has 2 heterocycles. The van der Waals surface area contributed by atoms with E-state index in [0.717, 1.165) is 11.6 Å². The third-order valence-electron chi connectivity index (χ3n) is 5.08. The van der Waals surface area contributed by atoms with Gasteiger partial charge in [0.25, 0.3) is 0 Å². The van der Waals surface area contributed by atoms with Gasteiger partial charge in [-0.05, 0) is 35.9 Å². The molecule has 0 spiro atoms. The van der Waals surface area contributed by atoms with Crippen molar-refractivity contribution < 1.29 is 22.3 Å². The summed E-state index contributed by atoms with van der Waals surface area (Å²) in [6.45, 7) is 0.864. The first-order chi connectivity index (χ1) is 13.8. The first kappa shape index (κ1) is 20.3. The Bertz CT molecular complexity index is 1020. The molecule has 2 aliphatic heterocycles. The Hall–Kier alpha value is -2.00. The summed E-state index contributed by atoms with van der Waals surface area (Å²) in [5.74, 6) is -0.649. The summed E-state index contributed by atoms with van der Waals surface area (Å²) in [6, 6.07) is 12.1. The second kappa shape index (κ2) is 8.02. The number of morpholine rings is 2. The van der Waals surface area contributed by atoms with Crippen LogP contribution in [0.2, 0.25) is 5.02 Å². The van der Waals surface area contributed by atoms with Gasteiger partial charge in [0.2, 0.25) is 15.9 Å². The van der Waals surface area contributed by atoms with Gasteiger partial charge in [0.1, 0.15) is 5.82 Å². The predicted molar refractivity (Wildman–Crippen MR) is 106 cm³/mol. The molecule has 2 atom stereocenters. The molecule has 2 aromatic carbocycles. The van der Waals surface area contributed by atoms with Crippen molar-refractivity contribution in [2.24, 2.45) is 0 Å². The molecular formula is C20H20ClFN2O4S. The molecule has 2 aliphatic rings. The zero-order chi connectivity index (χ0) is 20.6. The van der Waals surface area contributed by atoms with Crippen LogP contribution in [0.15, 0.2) is 53.4 Å². The Kier molecular flexibility index (Phi) is 5.61. The van der Waals surface area contributed by atoms with Gasteiger partial charge in [-0.1, -0.05) is 29.8 Å². The highest BCUT2D eigenvalue weighted by atomic mass is 35.5. The van der Waals surface area contributed by atoms with Crippen molar-refractivity contribution in [1.29, 1.82) is 0 Å². The summed E-state index contributed by atoms with van der Waals surface area (Å²) in [7, 11) is -3.82. The number of hydrogen-bond acceptors (Lipinski definition) is 4. The number of carbonyl (C=O) groups excluding carboxylic acids is 1. The fourth-order valence-electron chi connectivity index (χ4n) is 3.76. The van der Waals surface area contributed by atoms with Crippen molar-refractivity contribution in [2.45, 2.75) is 23.5 Å². The van der Waals surface area contributed by atoms with Gasteiger partial charge >= 0.3 is 0 Å². The summed E-state index contributed by atoms with van der Waals surface area (Å²) in [5, 5.41) is 0.576. The number of rotatable bonds is 4. The van der Waals surface area contributed by atoms with Crippen molar-refractivity contribution in [3.63, 3.8) is 0 Å². The number of benzene rings is 2. The molecule has 0 unspecified atom stereocenters. The fraction of sp³-hybridized carbons (Fsp3) is 0.350. The molecule has 0 N–H and O–H groups in total. The van der Waals surface area contributed by atoms with Crippen LogP contribution in [0.25, 0.3) is 0 Å². The lowest BCUT2D eigenvalue weighted by Gasteiger charge is -2.45. The van der Waals surface area contributed by atoms with E-state index in [1.54, 1.807) is 23.1 Å². The van der Waals surface area contributed by atoms with Crippen molar-refractivity contribution in [3.05, 3.63) is 64.9 Å². The topological polar surface area (TPSA) is 66.9 Å². The monoisotopic (exact) mass is 438 g/mol. The maximum atomic E-state index is 13.5. The van der Waals surface area contributed by atoms with Crippen LogP contribution in [0.3, 0.4) is 0 Å². The second-order valence-corrected chi connectivity index (χ2v) is 9.64. The Balaban J connectivity index is 1.44. The van der Waals surface area contributed by atoms with Gasteiger partial charge in [0, 0.05) is 31.2 Å². The van der Waals surface area contributed by atoms with Crippen LogP contribution in [0.5, 0.6) is 0 Å². The molecule has 0 aromatic heterocycles. The van der Waals surface area contributed by atoms with E-state index in [1.165, 1.54) is 22.5 Å². The van der Waals surface area contributed by atoms with E-state index in [2.05, 4.69) is 0 Å². The van der Waals surface area contributed by atoms with Crippen LogP contribution >= 0.6 is 11.6 Å². The molecule has 29 heavy (non-hydrogen) atoms. The normalized spacial score (nSPS) is 22.5. The van der Waals surface area contributed by atoms with Crippen molar-refractivity contribution in [2.75, 3.05) is 26.2 Å². The van der Waals surface area contributed by atoms with Crippen LogP contribution in [0.4, 0.5) is 4.39 Å². The van der Waals surface area contributed by atoms with E-state index in [-0.39, 0.29) is 30.3 Å². The van der Waals surface area contributed by atoms with Gasteiger partial charge in [0.05, 0.1) is 23.5 Å². The Labute approximate surface area is 173 Å². The number of amides is 1. The molecule has 1 amide bonds. The summed E-state index contributed by atoms with van der Waals surface area (Å²) >= 11 is 5.98. The highest BCUT2D eigenvalue weighted by Gasteiger charge is 2.41. The molecule has 2 saturated heterocycles. The van der Waals surface area contributed by atoms with Crippen LogP contribution in [-0.4, -0.2) is 61.9 Å². The van der Waals surface area contributed by atoms with E-state index in [0.29, 0.717) is 18.1 Å². The average molecular weight is 439 g/mol. The molecule has 9 heteroatoms. The van der Waals surface area contributed by atoms with Gasteiger partial charge < -0.3 is 9.64 Å². The van der Waals surface area contributed by atoms with Crippen molar-refractivity contribution >= 4 is 27.5 Å². The molecule has 4 rings (SSSR count). The Morgan fingerprint density at radius 2 is 1.76 bits per heavy atom. The number of hydrogen-bond donors (Lipinski definition) is 0. The lowest BCUT2D eigenvalue weighted by Crippen LogP contribution is -2.61. The van der Waals surface area contributed by atoms with Crippen LogP contribution < -0.4 is 0 Å². The van der Waals surface area contributed by atoms with E-state index in [4.69, 9.17) is 16.3 Å². The summed E-state index contributed by atoms with van der Waals surface area (Å²) in [5.41, 5.74) is 0.828. The minimum Gasteiger partial charge on any atom is -0.369 e. The summed E-state index contributed by atoms with van der Waals surface area (Å²) in [4.78, 5) is 14.3. The third-order valence-corrected chi connectivity index (χ3v) is 7.14. The molecular weight excluding hydrogens is 419 g/mol. The SMILES string of the molecule is O=C(Cc1cccc(Cl)c1)N1C[C@@H]2CN(S(=O)(=O)c3cccc(F)c3)C[C@H](C1)O2. The largest absolute Gasteiger partial charge is 0.369 e. The summed E-state index contributed by atoms with van der Waals surface area (Å²) in [6.07, 6.45) is -0.617. The molecule has 0 saturated carbocycles. The van der Waals surface area contributed by atoms with Gasteiger partial charge in [-0.25, -0.2) is 12.8 Å².